The maximum absolute atomic E-state index is 5.79. The van der Waals surface area contributed by atoms with Crippen molar-refractivity contribution < 1.29 is 0 Å². The Labute approximate surface area is 86.6 Å². The van der Waals surface area contributed by atoms with Gasteiger partial charge < -0.3 is 0 Å². The van der Waals surface area contributed by atoms with E-state index in [1.54, 1.807) is 10.9 Å². The molecule has 0 radical (unpaired) electrons. The highest BCUT2D eigenvalue weighted by atomic mass is 35.5. The highest BCUT2D eigenvalue weighted by molar-refractivity contribution is 6.28. The summed E-state index contributed by atoms with van der Waals surface area (Å²) >= 11 is 5.79. The minimum Gasteiger partial charge on any atom is -0.298 e. The molecule has 14 heavy (non-hydrogen) atoms. The molecule has 72 valence electrons. The van der Waals surface area contributed by atoms with Crippen LogP contribution in [0.4, 0.5) is 0 Å². The number of halogens is 1. The monoisotopic (exact) mass is 208 g/mol. The van der Waals surface area contributed by atoms with Gasteiger partial charge in [-0.25, -0.2) is 0 Å². The van der Waals surface area contributed by atoms with Crippen LogP contribution in [-0.4, -0.2) is 19.7 Å². The Balaban J connectivity index is 2.23. The molecule has 2 rings (SSSR count). The van der Waals surface area contributed by atoms with Gasteiger partial charge in [-0.2, -0.15) is 0 Å². The van der Waals surface area contributed by atoms with Crippen LogP contribution in [0.15, 0.2) is 24.5 Å². The average Bonchev–Trinajstić information content (AvgIpc) is 2.52. The number of aryl methyl sites for hydroxylation is 1. The third-order valence-electron chi connectivity index (χ3n) is 1.85. The molecule has 0 unspecified atom stereocenters. The maximum atomic E-state index is 5.79. The normalized spacial score (nSPS) is 10.4. The maximum Gasteiger partial charge on any atom is 0.225 e. The molecular weight excluding hydrogens is 200 g/mol. The van der Waals surface area contributed by atoms with Crippen LogP contribution in [0.1, 0.15) is 11.4 Å². The van der Waals surface area contributed by atoms with Crippen molar-refractivity contribution >= 4 is 11.6 Å². The zero-order valence-electron chi connectivity index (χ0n) is 7.68. The lowest BCUT2D eigenvalue weighted by Crippen LogP contribution is -2.01. The van der Waals surface area contributed by atoms with E-state index in [0.717, 1.165) is 11.4 Å². The van der Waals surface area contributed by atoms with Crippen LogP contribution in [0.3, 0.4) is 0 Å². The fourth-order valence-electron chi connectivity index (χ4n) is 1.21. The standard InChI is InChI=1S/C9H9ClN4/c1-7-3-2-4-8(12-7)5-14-6-11-13-9(14)10/h2-4,6H,5H2,1H3. The van der Waals surface area contributed by atoms with Crippen LogP contribution in [-0.2, 0) is 6.54 Å². The number of nitrogens with zero attached hydrogens (tertiary/aromatic N) is 4. The molecule has 2 heterocycles. The van der Waals surface area contributed by atoms with E-state index in [4.69, 9.17) is 11.6 Å². The van der Waals surface area contributed by atoms with Crippen molar-refractivity contribution in [1.82, 2.24) is 19.7 Å². The average molecular weight is 209 g/mol. The smallest absolute Gasteiger partial charge is 0.225 e. The molecule has 0 aliphatic heterocycles. The number of pyridine rings is 1. The van der Waals surface area contributed by atoms with Crippen molar-refractivity contribution in [3.05, 3.63) is 41.2 Å². The second-order valence-corrected chi connectivity index (χ2v) is 3.34. The second-order valence-electron chi connectivity index (χ2n) is 3.00. The van der Waals surface area contributed by atoms with Gasteiger partial charge in [0.05, 0.1) is 12.2 Å². The molecule has 0 aliphatic rings. The van der Waals surface area contributed by atoms with Gasteiger partial charge in [0, 0.05) is 5.69 Å². The van der Waals surface area contributed by atoms with Gasteiger partial charge in [0.1, 0.15) is 6.33 Å². The summed E-state index contributed by atoms with van der Waals surface area (Å²) in [6.07, 6.45) is 1.59. The molecule has 4 nitrogen and oxygen atoms in total. The molecule has 0 aliphatic carbocycles. The largest absolute Gasteiger partial charge is 0.298 e. The van der Waals surface area contributed by atoms with Crippen LogP contribution in [0.25, 0.3) is 0 Å². The Bertz CT molecular complexity index is 438. The Morgan fingerprint density at radius 3 is 2.93 bits per heavy atom. The van der Waals surface area contributed by atoms with E-state index in [9.17, 15) is 0 Å². The first-order valence-electron chi connectivity index (χ1n) is 4.21. The molecule has 0 spiro atoms. The molecule has 0 saturated carbocycles. The van der Waals surface area contributed by atoms with Gasteiger partial charge in [0.2, 0.25) is 5.28 Å². The number of hydrogen-bond donors (Lipinski definition) is 0. The summed E-state index contributed by atoms with van der Waals surface area (Å²) in [7, 11) is 0. The molecule has 5 heteroatoms. The van der Waals surface area contributed by atoms with E-state index >= 15 is 0 Å². The van der Waals surface area contributed by atoms with Gasteiger partial charge in [-0.3, -0.25) is 9.55 Å². The Morgan fingerprint density at radius 1 is 1.43 bits per heavy atom. The van der Waals surface area contributed by atoms with Gasteiger partial charge in [0.15, 0.2) is 0 Å². The third-order valence-corrected chi connectivity index (χ3v) is 2.14. The quantitative estimate of drug-likeness (QED) is 0.754. The number of hydrogen-bond acceptors (Lipinski definition) is 3. The highest BCUT2D eigenvalue weighted by Gasteiger charge is 2.01. The van der Waals surface area contributed by atoms with Crippen molar-refractivity contribution in [2.24, 2.45) is 0 Å². The summed E-state index contributed by atoms with van der Waals surface area (Å²) < 4.78 is 1.74. The van der Waals surface area contributed by atoms with Crippen LogP contribution < -0.4 is 0 Å². The Morgan fingerprint density at radius 2 is 2.29 bits per heavy atom. The molecule has 0 fully saturated rings. The number of rotatable bonds is 2. The van der Waals surface area contributed by atoms with E-state index < -0.39 is 0 Å². The van der Waals surface area contributed by atoms with Gasteiger partial charge >= 0.3 is 0 Å². The molecule has 0 bridgehead atoms. The third kappa shape index (κ3) is 1.90. The summed E-state index contributed by atoms with van der Waals surface area (Å²) in [6, 6.07) is 5.87. The van der Waals surface area contributed by atoms with Crippen molar-refractivity contribution in [3.63, 3.8) is 0 Å². The topological polar surface area (TPSA) is 43.6 Å². The lowest BCUT2D eigenvalue weighted by molar-refractivity contribution is 0.767. The summed E-state index contributed by atoms with van der Waals surface area (Å²) in [5, 5.41) is 7.76. The fourth-order valence-corrected chi connectivity index (χ4v) is 1.36. The second kappa shape index (κ2) is 3.75. The van der Waals surface area contributed by atoms with Gasteiger partial charge in [-0.05, 0) is 30.7 Å². The lowest BCUT2D eigenvalue weighted by atomic mass is 10.3. The van der Waals surface area contributed by atoms with Crippen LogP contribution in [0.5, 0.6) is 0 Å². The van der Waals surface area contributed by atoms with Crippen molar-refractivity contribution in [2.75, 3.05) is 0 Å². The molecule has 0 saturated heterocycles. The molecule has 2 aromatic rings. The predicted octanol–water partition coefficient (Wildman–Crippen LogP) is 1.68. The molecule has 0 amide bonds. The predicted molar refractivity (Wildman–Crippen MR) is 53.1 cm³/mol. The molecular formula is C9H9ClN4. The molecule has 0 aromatic carbocycles. The summed E-state index contributed by atoms with van der Waals surface area (Å²) in [6.45, 7) is 2.56. The van der Waals surface area contributed by atoms with Gasteiger partial charge in [0.25, 0.3) is 0 Å². The van der Waals surface area contributed by atoms with E-state index in [0.29, 0.717) is 11.8 Å². The van der Waals surface area contributed by atoms with E-state index in [-0.39, 0.29) is 0 Å². The van der Waals surface area contributed by atoms with E-state index in [1.807, 2.05) is 25.1 Å². The first-order chi connectivity index (χ1) is 6.75. The zero-order valence-corrected chi connectivity index (χ0v) is 8.44. The van der Waals surface area contributed by atoms with Crippen LogP contribution >= 0.6 is 11.6 Å². The van der Waals surface area contributed by atoms with Crippen molar-refractivity contribution in [2.45, 2.75) is 13.5 Å². The van der Waals surface area contributed by atoms with Gasteiger partial charge in [-0.1, -0.05) is 6.07 Å². The number of aromatic nitrogens is 4. The summed E-state index contributed by atoms with van der Waals surface area (Å²) in [5.74, 6) is 0. The van der Waals surface area contributed by atoms with Crippen LogP contribution in [0, 0.1) is 6.92 Å². The Kier molecular flexibility index (Phi) is 2.45. The summed E-state index contributed by atoms with van der Waals surface area (Å²) in [4.78, 5) is 4.35. The molecule has 2 aromatic heterocycles. The SMILES string of the molecule is Cc1cccc(Cn2cnnc2Cl)n1. The highest BCUT2D eigenvalue weighted by Crippen LogP contribution is 2.06. The lowest BCUT2D eigenvalue weighted by Gasteiger charge is -2.02. The summed E-state index contributed by atoms with van der Waals surface area (Å²) in [5.41, 5.74) is 1.94. The first-order valence-corrected chi connectivity index (χ1v) is 4.59. The fraction of sp³-hybridized carbons (Fsp3) is 0.222. The minimum atomic E-state index is 0.383. The first kappa shape index (κ1) is 9.15. The Hall–Kier alpha value is -1.42. The molecule has 0 N–H and O–H groups in total. The van der Waals surface area contributed by atoms with E-state index in [2.05, 4.69) is 15.2 Å². The van der Waals surface area contributed by atoms with Crippen molar-refractivity contribution in [3.8, 4) is 0 Å². The molecule has 0 atom stereocenters. The van der Waals surface area contributed by atoms with E-state index in [1.165, 1.54) is 0 Å². The minimum absolute atomic E-state index is 0.383. The van der Waals surface area contributed by atoms with Crippen LogP contribution in [0.2, 0.25) is 5.28 Å². The zero-order chi connectivity index (χ0) is 9.97. The van der Waals surface area contributed by atoms with Gasteiger partial charge in [-0.15, -0.1) is 10.2 Å². The van der Waals surface area contributed by atoms with Crippen molar-refractivity contribution in [1.29, 1.82) is 0 Å².